The van der Waals surface area contributed by atoms with Crippen molar-refractivity contribution in [2.45, 2.75) is 122 Å². The Bertz CT molecular complexity index is 638. The van der Waals surface area contributed by atoms with Crippen LogP contribution in [-0.4, -0.2) is 23.0 Å². The molecule has 0 radical (unpaired) electrons. The molecule has 1 heteroatoms. The van der Waals surface area contributed by atoms with E-state index in [0.29, 0.717) is 0 Å². The van der Waals surface area contributed by atoms with Gasteiger partial charge in [0.1, 0.15) is 0 Å². The van der Waals surface area contributed by atoms with E-state index in [1.807, 2.05) is 0 Å². The number of fused-ring (bicyclic) bond motifs is 3. The molecule has 0 nitrogen and oxygen atoms in total. The second-order valence-corrected chi connectivity index (χ2v) is 18.3. The fourth-order valence-corrected chi connectivity index (χ4v) is 14.3. The molecule has 0 aromatic carbocycles. The Hall–Kier alpha value is 0.350. The Morgan fingerprint density at radius 2 is 1.25 bits per heavy atom. The van der Waals surface area contributed by atoms with Crippen molar-refractivity contribution in [3.05, 3.63) is 0 Å². The van der Waals surface area contributed by atoms with Gasteiger partial charge < -0.3 is 0 Å². The third-order valence-corrected chi connectivity index (χ3v) is 17.3. The van der Waals surface area contributed by atoms with Crippen LogP contribution in [0, 0.1) is 59.2 Å². The second-order valence-electron chi connectivity index (χ2n) is 14.0. The molecule has 0 bridgehead atoms. The van der Waals surface area contributed by atoms with Crippen molar-refractivity contribution in [1.82, 2.24) is 0 Å². The summed E-state index contributed by atoms with van der Waals surface area (Å²) in [6.45, 7) is 10.4. The lowest BCUT2D eigenvalue weighted by atomic mass is 9.67. The van der Waals surface area contributed by atoms with Gasteiger partial charge in [-0.25, -0.2) is 10.0 Å². The van der Waals surface area contributed by atoms with Crippen LogP contribution in [0.5, 0.6) is 0 Å². The van der Waals surface area contributed by atoms with Crippen LogP contribution in [0.25, 0.3) is 0 Å². The molecule has 5 rings (SSSR count). The van der Waals surface area contributed by atoms with E-state index in [0.717, 1.165) is 69.7 Å². The minimum absolute atomic E-state index is 0.584. The van der Waals surface area contributed by atoms with Gasteiger partial charge in [0.15, 0.2) is 0 Å². The van der Waals surface area contributed by atoms with Crippen LogP contribution >= 0.6 is 10.0 Å². The maximum atomic E-state index is 2.84. The minimum Gasteiger partial charge on any atom is -0.241 e. The van der Waals surface area contributed by atoms with Gasteiger partial charge in [0, 0.05) is 0 Å². The molecule has 0 spiro atoms. The van der Waals surface area contributed by atoms with E-state index in [9.17, 15) is 0 Å². The fourth-order valence-electron chi connectivity index (χ4n) is 10.6. The SMILES string of the molecule is CCC1CC2CCCC2CC1[C@H](C)S(C)(C)[C@@H]1C[C@H](C(C)CC)[C@@H]2CC3CCCC3CC21. The van der Waals surface area contributed by atoms with E-state index in [4.69, 9.17) is 0 Å². The van der Waals surface area contributed by atoms with E-state index < -0.39 is 10.0 Å². The highest BCUT2D eigenvalue weighted by Gasteiger charge is 2.55. The Kier molecular flexibility index (Phi) is 7.09. The zero-order valence-corrected chi connectivity index (χ0v) is 23.3. The van der Waals surface area contributed by atoms with Crippen LogP contribution < -0.4 is 0 Å². The molecule has 0 aromatic heterocycles. The van der Waals surface area contributed by atoms with Gasteiger partial charge in [0.2, 0.25) is 0 Å². The molecule has 5 fully saturated rings. The van der Waals surface area contributed by atoms with Crippen LogP contribution in [-0.2, 0) is 0 Å². The van der Waals surface area contributed by atoms with Crippen molar-refractivity contribution in [1.29, 1.82) is 0 Å². The zero-order chi connectivity index (χ0) is 22.6. The van der Waals surface area contributed by atoms with E-state index in [2.05, 4.69) is 40.2 Å². The summed E-state index contributed by atoms with van der Waals surface area (Å²) in [7, 11) is -0.584. The summed E-state index contributed by atoms with van der Waals surface area (Å²) < 4.78 is 0. The molecule has 12 atom stereocenters. The van der Waals surface area contributed by atoms with Crippen LogP contribution in [0.3, 0.4) is 0 Å². The van der Waals surface area contributed by atoms with E-state index >= 15 is 0 Å². The summed E-state index contributed by atoms with van der Waals surface area (Å²) in [6.07, 6.45) is 25.9. The highest BCUT2D eigenvalue weighted by molar-refractivity contribution is 8.33. The lowest BCUT2D eigenvalue weighted by molar-refractivity contribution is 0.110. The maximum absolute atomic E-state index is 2.84. The zero-order valence-electron chi connectivity index (χ0n) is 22.5. The standard InChI is InChI=1S/C31H56S/c1-7-20(3)27-19-31(30-18-26-14-10-13-25(26)17-29(27)30)32(5,6)21(4)28-16-24-12-9-11-23(24)15-22(28)8-2/h20-31H,7-19H2,1-6H3/t20?,21-,22?,23?,24?,25?,26?,27+,28?,29-,30?,31+/m0/s1. The summed E-state index contributed by atoms with van der Waals surface area (Å²) in [5.41, 5.74) is 0. The van der Waals surface area contributed by atoms with Crippen molar-refractivity contribution in [2.24, 2.45) is 59.2 Å². The molecule has 32 heavy (non-hydrogen) atoms. The predicted molar refractivity (Wildman–Crippen MR) is 145 cm³/mol. The van der Waals surface area contributed by atoms with Gasteiger partial charge in [-0.2, -0.15) is 0 Å². The highest BCUT2D eigenvalue weighted by Crippen LogP contribution is 2.68. The lowest BCUT2D eigenvalue weighted by Gasteiger charge is -2.54. The molecule has 8 unspecified atom stereocenters. The number of hydrogen-bond donors (Lipinski definition) is 0. The molecule has 5 saturated carbocycles. The Morgan fingerprint density at radius 1 is 0.688 bits per heavy atom. The Labute approximate surface area is 203 Å². The largest absolute Gasteiger partial charge is 0.241 e. The molecule has 5 aliphatic carbocycles. The molecule has 0 aliphatic heterocycles. The summed E-state index contributed by atoms with van der Waals surface area (Å²) in [4.78, 5) is 0. The van der Waals surface area contributed by atoms with Gasteiger partial charge in [0.05, 0.1) is 0 Å². The first-order chi connectivity index (χ1) is 15.3. The van der Waals surface area contributed by atoms with Gasteiger partial charge in [-0.05, 0) is 114 Å². The van der Waals surface area contributed by atoms with Gasteiger partial charge >= 0.3 is 0 Å². The van der Waals surface area contributed by atoms with E-state index in [1.165, 1.54) is 19.3 Å². The monoisotopic (exact) mass is 460 g/mol. The first-order valence-electron chi connectivity index (χ1n) is 15.1. The average molecular weight is 461 g/mol. The van der Waals surface area contributed by atoms with E-state index in [1.54, 1.807) is 64.2 Å². The first kappa shape index (κ1) is 24.1. The van der Waals surface area contributed by atoms with Gasteiger partial charge in [-0.1, -0.05) is 79.1 Å². The van der Waals surface area contributed by atoms with Crippen molar-refractivity contribution in [2.75, 3.05) is 12.5 Å². The molecule has 0 saturated heterocycles. The molecule has 186 valence electrons. The van der Waals surface area contributed by atoms with Gasteiger partial charge in [0.25, 0.3) is 0 Å². The lowest BCUT2D eigenvalue weighted by Crippen LogP contribution is -2.42. The second kappa shape index (κ2) is 9.43. The molecule has 0 heterocycles. The predicted octanol–water partition coefficient (Wildman–Crippen LogP) is 9.17. The summed E-state index contributed by atoms with van der Waals surface area (Å²) in [5, 5.41) is 2.05. The molecular formula is C31H56S. The Morgan fingerprint density at radius 3 is 1.84 bits per heavy atom. The topological polar surface area (TPSA) is 0 Å². The fraction of sp³-hybridized carbons (Fsp3) is 1.00. The Balaban J connectivity index is 1.38. The minimum atomic E-state index is -0.584. The molecular weight excluding hydrogens is 404 g/mol. The van der Waals surface area contributed by atoms with Crippen LogP contribution in [0.1, 0.15) is 111 Å². The molecule has 0 N–H and O–H groups in total. The average Bonchev–Trinajstić information content (AvgIpc) is 3.52. The van der Waals surface area contributed by atoms with Crippen LogP contribution in [0.2, 0.25) is 0 Å². The summed E-state index contributed by atoms with van der Waals surface area (Å²) in [6, 6.07) is 0. The van der Waals surface area contributed by atoms with E-state index in [-0.39, 0.29) is 0 Å². The maximum Gasteiger partial charge on any atom is -0.00802 e. The summed E-state index contributed by atoms with van der Waals surface area (Å²) in [5.74, 6) is 10.7. The molecule has 5 aliphatic rings. The molecule has 0 aromatic rings. The smallest absolute Gasteiger partial charge is 0.00802 e. The van der Waals surface area contributed by atoms with Gasteiger partial charge in [-0.15, -0.1) is 0 Å². The van der Waals surface area contributed by atoms with Crippen molar-refractivity contribution in [3.8, 4) is 0 Å². The first-order valence-corrected chi connectivity index (χ1v) is 17.6. The molecule has 0 amide bonds. The summed E-state index contributed by atoms with van der Waals surface area (Å²) >= 11 is 0. The van der Waals surface area contributed by atoms with Crippen molar-refractivity contribution < 1.29 is 0 Å². The quantitative estimate of drug-likeness (QED) is 0.370. The normalized spacial score (nSPS) is 48.7. The van der Waals surface area contributed by atoms with Gasteiger partial charge in [-0.3, -0.25) is 0 Å². The van der Waals surface area contributed by atoms with Crippen LogP contribution in [0.4, 0.5) is 0 Å². The number of rotatable bonds is 6. The highest BCUT2D eigenvalue weighted by atomic mass is 32.3. The number of hydrogen-bond acceptors (Lipinski definition) is 0. The third kappa shape index (κ3) is 4.05. The van der Waals surface area contributed by atoms with Crippen molar-refractivity contribution in [3.63, 3.8) is 0 Å². The van der Waals surface area contributed by atoms with Crippen molar-refractivity contribution >= 4 is 10.0 Å². The third-order valence-electron chi connectivity index (χ3n) is 12.9. The van der Waals surface area contributed by atoms with Crippen LogP contribution in [0.15, 0.2) is 0 Å².